The number of fused-ring (bicyclic) bond motifs is 2. The lowest BCUT2D eigenvalue weighted by atomic mass is 10.1. The van der Waals surface area contributed by atoms with E-state index in [0.29, 0.717) is 19.1 Å². The largest absolute Gasteiger partial charge is 0.373 e. The van der Waals surface area contributed by atoms with E-state index < -0.39 is 0 Å². The van der Waals surface area contributed by atoms with Crippen molar-refractivity contribution in [3.05, 3.63) is 0 Å². The van der Waals surface area contributed by atoms with Gasteiger partial charge in [0.25, 0.3) is 0 Å². The molecule has 2 fully saturated rings. The summed E-state index contributed by atoms with van der Waals surface area (Å²) in [7, 11) is 0. The second kappa shape index (κ2) is 3.87. The Morgan fingerprint density at radius 2 is 2.14 bits per heavy atom. The molecule has 2 aliphatic heterocycles. The lowest BCUT2D eigenvalue weighted by molar-refractivity contribution is -0.147. The van der Waals surface area contributed by atoms with Crippen LogP contribution in [-0.2, 0) is 14.3 Å². The molecule has 0 aliphatic carbocycles. The van der Waals surface area contributed by atoms with E-state index in [0.717, 1.165) is 6.54 Å². The minimum absolute atomic E-state index is 0.0800. The van der Waals surface area contributed by atoms with E-state index in [4.69, 9.17) is 9.47 Å². The van der Waals surface area contributed by atoms with Gasteiger partial charge in [0.05, 0.1) is 18.8 Å². The quantitative estimate of drug-likeness (QED) is 0.608. The highest BCUT2D eigenvalue weighted by molar-refractivity contribution is 5.78. The number of morpholine rings is 1. The number of rotatable bonds is 1. The van der Waals surface area contributed by atoms with Gasteiger partial charge in [-0.05, 0) is 5.92 Å². The average Bonchev–Trinajstić information content (AvgIpc) is 2.32. The van der Waals surface area contributed by atoms with Crippen LogP contribution in [0.1, 0.15) is 13.8 Å². The average molecular weight is 199 g/mol. The van der Waals surface area contributed by atoms with Crippen LogP contribution >= 0.6 is 0 Å². The van der Waals surface area contributed by atoms with Gasteiger partial charge in [0.2, 0.25) is 5.91 Å². The molecular weight excluding hydrogens is 182 g/mol. The Labute approximate surface area is 84.2 Å². The highest BCUT2D eigenvalue weighted by Crippen LogP contribution is 2.18. The first-order chi connectivity index (χ1) is 6.66. The Morgan fingerprint density at radius 3 is 2.86 bits per heavy atom. The molecule has 2 aliphatic rings. The molecule has 1 unspecified atom stereocenters. The minimum atomic E-state index is 0.0800. The summed E-state index contributed by atoms with van der Waals surface area (Å²) in [5.74, 6) is 0.541. The number of carbonyl (C=O) groups excluding carboxylic acids is 1. The molecule has 0 radical (unpaired) electrons. The fraction of sp³-hybridized carbons (Fsp3) is 0.900. The Balaban J connectivity index is 2.06. The first-order valence-electron chi connectivity index (χ1n) is 5.18. The second-order valence-corrected chi connectivity index (χ2v) is 4.35. The summed E-state index contributed by atoms with van der Waals surface area (Å²) in [6, 6.07) is 0. The van der Waals surface area contributed by atoms with Gasteiger partial charge in [-0.2, -0.15) is 0 Å². The molecule has 14 heavy (non-hydrogen) atoms. The predicted molar refractivity (Wildman–Crippen MR) is 50.9 cm³/mol. The van der Waals surface area contributed by atoms with E-state index in [9.17, 15) is 4.79 Å². The molecule has 2 heterocycles. The maximum Gasteiger partial charge on any atom is 0.248 e. The first-order valence-corrected chi connectivity index (χ1v) is 5.18. The molecule has 4 heteroatoms. The van der Waals surface area contributed by atoms with Gasteiger partial charge in [-0.1, -0.05) is 13.8 Å². The van der Waals surface area contributed by atoms with Crippen LogP contribution in [0.4, 0.5) is 0 Å². The van der Waals surface area contributed by atoms with Crippen LogP contribution in [0.3, 0.4) is 0 Å². The molecule has 4 nitrogen and oxygen atoms in total. The van der Waals surface area contributed by atoms with Crippen molar-refractivity contribution in [2.45, 2.75) is 26.1 Å². The van der Waals surface area contributed by atoms with Crippen molar-refractivity contribution in [1.29, 1.82) is 0 Å². The molecule has 0 spiro atoms. The smallest absolute Gasteiger partial charge is 0.248 e. The molecule has 0 aromatic heterocycles. The van der Waals surface area contributed by atoms with Gasteiger partial charge in [0, 0.05) is 13.1 Å². The van der Waals surface area contributed by atoms with Crippen LogP contribution in [0.2, 0.25) is 0 Å². The molecule has 1 amide bonds. The summed E-state index contributed by atoms with van der Waals surface area (Å²) < 4.78 is 11.1. The maximum atomic E-state index is 11.5. The third-order valence-corrected chi connectivity index (χ3v) is 2.86. The number of carbonyl (C=O) groups is 1. The highest BCUT2D eigenvalue weighted by Gasteiger charge is 2.33. The van der Waals surface area contributed by atoms with E-state index in [-0.39, 0.29) is 24.7 Å². The number of nitrogens with zero attached hydrogens (tertiary/aromatic N) is 1. The van der Waals surface area contributed by atoms with Gasteiger partial charge in [0.15, 0.2) is 0 Å². The Morgan fingerprint density at radius 1 is 1.36 bits per heavy atom. The number of amides is 1. The van der Waals surface area contributed by atoms with E-state index in [1.807, 2.05) is 4.90 Å². The fourth-order valence-electron chi connectivity index (χ4n) is 1.86. The minimum Gasteiger partial charge on any atom is -0.373 e. The van der Waals surface area contributed by atoms with Gasteiger partial charge in [0.1, 0.15) is 6.61 Å². The van der Waals surface area contributed by atoms with Crippen LogP contribution in [0, 0.1) is 5.92 Å². The topological polar surface area (TPSA) is 38.8 Å². The SMILES string of the molecule is CC(C)[C@H]1CN2CC(CO1)OCC2=O. The van der Waals surface area contributed by atoms with Gasteiger partial charge in [-0.3, -0.25) is 4.79 Å². The van der Waals surface area contributed by atoms with Gasteiger partial charge >= 0.3 is 0 Å². The Kier molecular flexibility index (Phi) is 2.74. The lowest BCUT2D eigenvalue weighted by Crippen LogP contribution is -2.47. The molecule has 0 saturated carbocycles. The van der Waals surface area contributed by atoms with Crippen molar-refractivity contribution >= 4 is 5.91 Å². The van der Waals surface area contributed by atoms with Gasteiger partial charge in [-0.15, -0.1) is 0 Å². The monoisotopic (exact) mass is 199 g/mol. The molecule has 2 saturated heterocycles. The third kappa shape index (κ3) is 1.91. The standard InChI is InChI=1S/C10H17NO3/c1-7(2)9-4-11-3-8(5-14-9)13-6-10(11)12/h7-9H,3-6H2,1-2H3/t8?,9-/m1/s1. The highest BCUT2D eigenvalue weighted by atomic mass is 16.5. The van der Waals surface area contributed by atoms with Gasteiger partial charge in [-0.25, -0.2) is 0 Å². The van der Waals surface area contributed by atoms with Crippen LogP contribution in [0.25, 0.3) is 0 Å². The molecule has 2 bridgehead atoms. The molecule has 0 aromatic carbocycles. The molecule has 80 valence electrons. The van der Waals surface area contributed by atoms with Crippen LogP contribution in [0.5, 0.6) is 0 Å². The summed E-state index contributed by atoms with van der Waals surface area (Å²) in [6.45, 7) is 6.49. The van der Waals surface area contributed by atoms with E-state index in [2.05, 4.69) is 13.8 Å². The third-order valence-electron chi connectivity index (χ3n) is 2.86. The summed E-state index contributed by atoms with van der Waals surface area (Å²) in [4.78, 5) is 13.3. The second-order valence-electron chi connectivity index (χ2n) is 4.35. The van der Waals surface area contributed by atoms with Crippen molar-refractivity contribution in [1.82, 2.24) is 4.90 Å². The van der Waals surface area contributed by atoms with Crippen LogP contribution in [-0.4, -0.2) is 49.3 Å². The summed E-state index contributed by atoms with van der Waals surface area (Å²) in [6.07, 6.45) is 0.238. The lowest BCUT2D eigenvalue weighted by Gasteiger charge is -2.30. The molecule has 0 aromatic rings. The van der Waals surface area contributed by atoms with Crippen molar-refractivity contribution in [2.24, 2.45) is 5.92 Å². The predicted octanol–water partition coefficient (Wildman–Crippen LogP) is 0.269. The fourth-order valence-corrected chi connectivity index (χ4v) is 1.86. The van der Waals surface area contributed by atoms with Crippen molar-refractivity contribution < 1.29 is 14.3 Å². The van der Waals surface area contributed by atoms with E-state index in [1.165, 1.54) is 0 Å². The van der Waals surface area contributed by atoms with Crippen molar-refractivity contribution in [3.63, 3.8) is 0 Å². The summed E-state index contributed by atoms with van der Waals surface area (Å²) in [5, 5.41) is 0. The Bertz CT molecular complexity index is 229. The molecule has 0 N–H and O–H groups in total. The zero-order valence-electron chi connectivity index (χ0n) is 8.73. The number of hydrogen-bond acceptors (Lipinski definition) is 3. The van der Waals surface area contributed by atoms with Crippen molar-refractivity contribution in [2.75, 3.05) is 26.3 Å². The van der Waals surface area contributed by atoms with Crippen molar-refractivity contribution in [3.8, 4) is 0 Å². The van der Waals surface area contributed by atoms with E-state index in [1.54, 1.807) is 0 Å². The molecule has 2 atom stereocenters. The van der Waals surface area contributed by atoms with Gasteiger partial charge < -0.3 is 14.4 Å². The summed E-state index contributed by atoms with van der Waals surface area (Å²) >= 11 is 0. The van der Waals surface area contributed by atoms with Crippen LogP contribution in [0.15, 0.2) is 0 Å². The summed E-state index contributed by atoms with van der Waals surface area (Å²) in [5.41, 5.74) is 0. The zero-order valence-corrected chi connectivity index (χ0v) is 8.73. The number of ether oxygens (including phenoxy) is 2. The number of hydrogen-bond donors (Lipinski definition) is 0. The van der Waals surface area contributed by atoms with E-state index >= 15 is 0 Å². The molecule has 2 rings (SSSR count). The van der Waals surface area contributed by atoms with Crippen LogP contribution < -0.4 is 0 Å². The first kappa shape index (κ1) is 9.93. The zero-order chi connectivity index (χ0) is 10.1. The molecular formula is C10H17NO3. The normalized spacial score (nSPS) is 33.4. The Hall–Kier alpha value is -0.610. The maximum absolute atomic E-state index is 11.5.